The van der Waals surface area contributed by atoms with Gasteiger partial charge in [-0.1, -0.05) is 46.1 Å². The van der Waals surface area contributed by atoms with E-state index in [-0.39, 0.29) is 5.91 Å². The lowest BCUT2D eigenvalue weighted by molar-refractivity contribution is -0.128. The van der Waals surface area contributed by atoms with Gasteiger partial charge in [-0.25, -0.2) is 0 Å². The first-order chi connectivity index (χ1) is 10.5. The van der Waals surface area contributed by atoms with E-state index in [1.54, 1.807) is 0 Å². The molecular formula is C15H25N4O2P. The molecule has 0 fully saturated rings. The van der Waals surface area contributed by atoms with Crippen molar-refractivity contribution in [3.05, 3.63) is 35.9 Å². The van der Waals surface area contributed by atoms with Crippen molar-refractivity contribution in [1.29, 1.82) is 0 Å². The second-order valence-electron chi connectivity index (χ2n) is 5.21. The van der Waals surface area contributed by atoms with Crippen molar-refractivity contribution in [2.24, 2.45) is 11.5 Å². The van der Waals surface area contributed by atoms with Gasteiger partial charge in [0.05, 0.1) is 6.04 Å². The fourth-order valence-corrected chi connectivity index (χ4v) is 2.28. The molecule has 6 N–H and O–H groups in total. The van der Waals surface area contributed by atoms with Crippen LogP contribution < -0.4 is 21.9 Å². The third-order valence-electron chi connectivity index (χ3n) is 3.37. The van der Waals surface area contributed by atoms with E-state index in [1.165, 1.54) is 0 Å². The third-order valence-corrected chi connectivity index (χ3v) is 3.65. The van der Waals surface area contributed by atoms with Crippen LogP contribution in [0.5, 0.6) is 0 Å². The van der Waals surface area contributed by atoms with Gasteiger partial charge in [-0.2, -0.15) is 0 Å². The zero-order valence-electron chi connectivity index (χ0n) is 12.6. The van der Waals surface area contributed by atoms with E-state index in [4.69, 9.17) is 11.5 Å². The van der Waals surface area contributed by atoms with Gasteiger partial charge < -0.3 is 21.9 Å². The molecule has 3 unspecified atom stereocenters. The van der Waals surface area contributed by atoms with Gasteiger partial charge in [0.1, 0.15) is 6.04 Å². The maximum absolute atomic E-state index is 12.0. The van der Waals surface area contributed by atoms with Gasteiger partial charge in [-0.15, -0.1) is 0 Å². The average Bonchev–Trinajstić information content (AvgIpc) is 2.51. The van der Waals surface area contributed by atoms with E-state index < -0.39 is 18.0 Å². The van der Waals surface area contributed by atoms with Crippen LogP contribution in [0.4, 0.5) is 0 Å². The Bertz CT molecular complexity index is 470. The van der Waals surface area contributed by atoms with Crippen LogP contribution in [-0.4, -0.2) is 30.4 Å². The molecule has 0 saturated carbocycles. The fraction of sp³-hybridized carbons (Fsp3) is 0.467. The number of benzene rings is 1. The zero-order chi connectivity index (χ0) is 16.4. The maximum Gasteiger partial charge on any atom is 0.240 e. The molecule has 0 radical (unpaired) electrons. The molecule has 7 heteroatoms. The van der Waals surface area contributed by atoms with Crippen molar-refractivity contribution < 1.29 is 9.59 Å². The summed E-state index contributed by atoms with van der Waals surface area (Å²) in [5.41, 5.74) is 12.2. The highest BCUT2D eigenvalue weighted by atomic mass is 31.0. The summed E-state index contributed by atoms with van der Waals surface area (Å²) in [6, 6.07) is 8.05. The number of unbranched alkanes of at least 4 members (excludes halogenated alkanes) is 1. The fourth-order valence-electron chi connectivity index (χ4n) is 2.07. The normalized spacial score (nSPS) is 13.4. The average molecular weight is 324 g/mol. The molecule has 22 heavy (non-hydrogen) atoms. The molecular weight excluding hydrogens is 299 g/mol. The Morgan fingerprint density at radius 3 is 2.45 bits per heavy atom. The maximum atomic E-state index is 12.0. The quantitative estimate of drug-likeness (QED) is 0.361. The van der Waals surface area contributed by atoms with Crippen LogP contribution in [-0.2, 0) is 16.0 Å². The van der Waals surface area contributed by atoms with Crippen LogP contribution in [0, 0.1) is 0 Å². The van der Waals surface area contributed by atoms with E-state index in [9.17, 15) is 9.59 Å². The minimum atomic E-state index is -0.741. The number of amides is 2. The predicted molar refractivity (Wildman–Crippen MR) is 90.8 cm³/mol. The first kappa shape index (κ1) is 18.6. The second-order valence-corrected chi connectivity index (χ2v) is 5.62. The van der Waals surface area contributed by atoms with E-state index in [0.717, 1.165) is 24.9 Å². The van der Waals surface area contributed by atoms with Gasteiger partial charge in [-0.3, -0.25) is 9.59 Å². The third kappa shape index (κ3) is 6.98. The largest absolute Gasteiger partial charge is 0.368 e. The molecule has 0 aliphatic heterocycles. The number of carbonyl (C=O) groups excluding carboxylic acids is 2. The lowest BCUT2D eigenvalue weighted by Crippen LogP contribution is -2.51. The van der Waals surface area contributed by atoms with Crippen molar-refractivity contribution in [2.75, 3.05) is 6.54 Å². The first-order valence-corrected chi connectivity index (χ1v) is 7.95. The Kier molecular flexibility index (Phi) is 8.67. The number of nitrogens with two attached hydrogens (primary N) is 2. The number of rotatable bonds is 10. The van der Waals surface area contributed by atoms with Crippen LogP contribution in [0.3, 0.4) is 0 Å². The van der Waals surface area contributed by atoms with E-state index in [1.807, 2.05) is 30.3 Å². The molecule has 122 valence electrons. The zero-order valence-corrected chi connectivity index (χ0v) is 13.8. The topological polar surface area (TPSA) is 110 Å². The molecule has 1 rings (SSSR count). The highest BCUT2D eigenvalue weighted by Gasteiger charge is 2.21. The molecule has 3 atom stereocenters. The Morgan fingerprint density at radius 1 is 1.18 bits per heavy atom. The van der Waals surface area contributed by atoms with Crippen molar-refractivity contribution in [3.8, 4) is 0 Å². The first-order valence-electron chi connectivity index (χ1n) is 7.37. The van der Waals surface area contributed by atoms with Crippen molar-refractivity contribution in [3.63, 3.8) is 0 Å². The lowest BCUT2D eigenvalue weighted by atomic mass is 10.0. The number of nitrogens with one attached hydrogen (secondary N) is 2. The Hall–Kier alpha value is -1.49. The number of carbonyl (C=O) groups is 2. The lowest BCUT2D eigenvalue weighted by Gasteiger charge is -2.18. The van der Waals surface area contributed by atoms with Gasteiger partial charge >= 0.3 is 0 Å². The van der Waals surface area contributed by atoms with E-state index in [0.29, 0.717) is 12.8 Å². The van der Waals surface area contributed by atoms with Gasteiger partial charge in [0.2, 0.25) is 11.8 Å². The summed E-state index contributed by atoms with van der Waals surface area (Å²) in [4.78, 5) is 23.6. The molecule has 0 heterocycles. The summed E-state index contributed by atoms with van der Waals surface area (Å²) in [6.07, 6.45) is 2.73. The van der Waals surface area contributed by atoms with Crippen LogP contribution >= 0.6 is 9.39 Å². The molecule has 1 aromatic carbocycles. The minimum absolute atomic E-state index is 0.335. The van der Waals surface area contributed by atoms with Gasteiger partial charge in [-0.05, 0) is 24.9 Å². The summed E-state index contributed by atoms with van der Waals surface area (Å²) in [5, 5.41) is 5.61. The smallest absolute Gasteiger partial charge is 0.240 e. The summed E-state index contributed by atoms with van der Waals surface area (Å²) >= 11 is 0. The van der Waals surface area contributed by atoms with Crippen LogP contribution in [0.2, 0.25) is 0 Å². The molecule has 0 aliphatic carbocycles. The molecule has 0 aliphatic rings. The van der Waals surface area contributed by atoms with Gasteiger partial charge in [0.15, 0.2) is 0 Å². The molecule has 2 amide bonds. The summed E-state index contributed by atoms with van der Waals surface area (Å²) in [6.45, 7) is 0.858. The summed E-state index contributed by atoms with van der Waals surface area (Å²) in [7, 11) is 2.43. The minimum Gasteiger partial charge on any atom is -0.368 e. The van der Waals surface area contributed by atoms with Crippen LogP contribution in [0.15, 0.2) is 30.3 Å². The van der Waals surface area contributed by atoms with Gasteiger partial charge in [0.25, 0.3) is 0 Å². The highest BCUT2D eigenvalue weighted by Crippen LogP contribution is 2.04. The van der Waals surface area contributed by atoms with E-state index >= 15 is 0 Å². The molecule has 1 aromatic rings. The predicted octanol–water partition coefficient (Wildman–Crippen LogP) is 0.0765. The second kappa shape index (κ2) is 10.3. The van der Waals surface area contributed by atoms with Crippen LogP contribution in [0.1, 0.15) is 24.8 Å². The summed E-state index contributed by atoms with van der Waals surface area (Å²) < 4.78 is 0. The summed E-state index contributed by atoms with van der Waals surface area (Å²) in [5.74, 6) is -0.893. The van der Waals surface area contributed by atoms with Gasteiger partial charge in [0, 0.05) is 6.42 Å². The Labute approximate surface area is 133 Å². The van der Waals surface area contributed by atoms with Crippen molar-refractivity contribution in [2.45, 2.75) is 37.8 Å². The molecule has 0 spiro atoms. The van der Waals surface area contributed by atoms with Crippen molar-refractivity contribution >= 4 is 21.2 Å². The molecule has 0 bridgehead atoms. The molecule has 0 aromatic heterocycles. The highest BCUT2D eigenvalue weighted by molar-refractivity contribution is 7.13. The Balaban J connectivity index is 2.48. The molecule has 6 nitrogen and oxygen atoms in total. The van der Waals surface area contributed by atoms with Crippen molar-refractivity contribution in [1.82, 2.24) is 10.4 Å². The SMILES string of the molecule is NC(=O)C(Cc1ccccc1)NC(=O)C(N)CCCCNP. The van der Waals surface area contributed by atoms with E-state index in [2.05, 4.69) is 19.8 Å². The standard InChI is InChI=1S/C15H25N4O2P/c16-12(8-4-5-9-18-22)15(21)19-13(14(17)20)10-11-6-2-1-3-7-11/h1-3,6-7,12-13,18H,4-5,8-10,16,22H2,(H2,17,20)(H,19,21). The Morgan fingerprint density at radius 2 is 1.86 bits per heavy atom. The van der Waals surface area contributed by atoms with Crippen LogP contribution in [0.25, 0.3) is 0 Å². The molecule has 0 saturated heterocycles. The monoisotopic (exact) mass is 324 g/mol. The number of primary amides is 1. The number of hydrogen-bond donors (Lipinski definition) is 4. The number of hydrogen-bond acceptors (Lipinski definition) is 4.